The third-order valence-corrected chi connectivity index (χ3v) is 5.59. The van der Waals surface area contributed by atoms with E-state index in [9.17, 15) is 13.2 Å². The van der Waals surface area contributed by atoms with Gasteiger partial charge in [-0.3, -0.25) is 4.79 Å². The van der Waals surface area contributed by atoms with Gasteiger partial charge < -0.3 is 10.1 Å². The van der Waals surface area contributed by atoms with E-state index in [1.165, 1.54) is 18.7 Å². The van der Waals surface area contributed by atoms with Crippen molar-refractivity contribution in [2.45, 2.75) is 31.9 Å². The number of rotatable bonds is 2. The topological polar surface area (TPSA) is 87.0 Å². The molecule has 1 rings (SSSR count). The van der Waals surface area contributed by atoms with Crippen molar-refractivity contribution in [2.75, 3.05) is 19.3 Å². The lowest BCUT2D eigenvalue weighted by Gasteiger charge is -2.36. The molecule has 0 aromatic heterocycles. The Hall–Kier alpha value is -1.11. The Bertz CT molecular complexity index is 467. The number of nitrogens with zero attached hydrogens (tertiary/aromatic N) is 2. The molecule has 104 valence electrons. The lowest BCUT2D eigenvalue weighted by molar-refractivity contribution is -0.133. The maximum Gasteiger partial charge on any atom is 0.243 e. The average Bonchev–Trinajstić information content (AvgIpc) is 2.26. The maximum absolute atomic E-state index is 12.3. The van der Waals surface area contributed by atoms with Crippen LogP contribution in [-0.4, -0.2) is 54.2 Å². The summed E-state index contributed by atoms with van der Waals surface area (Å²) in [7, 11) is -3.46. The second-order valence-corrected chi connectivity index (χ2v) is 7.84. The first-order valence-electron chi connectivity index (χ1n) is 5.81. The van der Waals surface area contributed by atoms with Crippen LogP contribution < -0.4 is 0 Å². The molecule has 6 nitrogen and oxygen atoms in total. The minimum Gasteiger partial charge on any atom is -0.411 e. The molecule has 1 aliphatic rings. The predicted molar refractivity (Wildman–Crippen MR) is 68.5 cm³/mol. The molecule has 0 radical (unpaired) electrons. The molecule has 18 heavy (non-hydrogen) atoms. The lowest BCUT2D eigenvalue weighted by atomic mass is 9.96. The van der Waals surface area contributed by atoms with Gasteiger partial charge in [0.1, 0.15) is 4.75 Å². The SMILES string of the molecule is CC1CN(C(=O)C(C)(C)S(C)(=O)=O)CCC1=NO. The zero-order valence-corrected chi connectivity index (χ0v) is 12.0. The van der Waals surface area contributed by atoms with E-state index in [-0.39, 0.29) is 5.92 Å². The number of amides is 1. The zero-order chi connectivity index (χ0) is 14.1. The summed E-state index contributed by atoms with van der Waals surface area (Å²) in [5.74, 6) is -0.447. The first-order valence-corrected chi connectivity index (χ1v) is 7.70. The van der Waals surface area contributed by atoms with Gasteiger partial charge in [0, 0.05) is 31.7 Å². The molecule has 1 unspecified atom stereocenters. The number of sulfone groups is 1. The Kier molecular flexibility index (Phi) is 4.05. The van der Waals surface area contributed by atoms with Crippen LogP contribution in [0.5, 0.6) is 0 Å². The van der Waals surface area contributed by atoms with E-state index in [4.69, 9.17) is 5.21 Å². The molecule has 0 spiro atoms. The van der Waals surface area contributed by atoms with Crippen molar-refractivity contribution in [1.29, 1.82) is 0 Å². The molecule has 0 aromatic rings. The van der Waals surface area contributed by atoms with Crippen LogP contribution in [-0.2, 0) is 14.6 Å². The Morgan fingerprint density at radius 2 is 2.06 bits per heavy atom. The van der Waals surface area contributed by atoms with E-state index >= 15 is 0 Å². The summed E-state index contributed by atoms with van der Waals surface area (Å²) in [6.45, 7) is 5.47. The molecule has 1 saturated heterocycles. The van der Waals surface area contributed by atoms with Crippen LogP contribution in [0.3, 0.4) is 0 Å². The molecule has 1 atom stereocenters. The monoisotopic (exact) mass is 276 g/mol. The highest BCUT2D eigenvalue weighted by Gasteiger charge is 2.42. The second-order valence-electron chi connectivity index (χ2n) is 5.28. The third kappa shape index (κ3) is 2.66. The summed E-state index contributed by atoms with van der Waals surface area (Å²) in [6.07, 6.45) is 1.54. The first kappa shape index (κ1) is 14.9. The Labute approximate surface area is 108 Å². The molecule has 1 amide bonds. The van der Waals surface area contributed by atoms with E-state index in [0.717, 1.165) is 6.26 Å². The number of oxime groups is 1. The van der Waals surface area contributed by atoms with Crippen LogP contribution in [0.2, 0.25) is 0 Å². The van der Waals surface area contributed by atoms with Crippen molar-refractivity contribution in [1.82, 2.24) is 4.90 Å². The van der Waals surface area contributed by atoms with E-state index in [1.54, 1.807) is 0 Å². The lowest BCUT2D eigenvalue weighted by Crippen LogP contribution is -2.53. The minimum absolute atomic E-state index is 0.0527. The van der Waals surface area contributed by atoms with Gasteiger partial charge in [-0.15, -0.1) is 0 Å². The second kappa shape index (κ2) is 4.87. The molecule has 0 bridgehead atoms. The molecule has 7 heteroatoms. The first-order chi connectivity index (χ1) is 8.11. The van der Waals surface area contributed by atoms with Crippen LogP contribution in [0.15, 0.2) is 5.16 Å². The Morgan fingerprint density at radius 3 is 2.44 bits per heavy atom. The van der Waals surface area contributed by atoms with Crippen LogP contribution in [0.1, 0.15) is 27.2 Å². The van der Waals surface area contributed by atoms with Crippen molar-refractivity contribution < 1.29 is 18.4 Å². The van der Waals surface area contributed by atoms with Crippen LogP contribution in [0.4, 0.5) is 0 Å². The number of hydrogen-bond donors (Lipinski definition) is 1. The van der Waals surface area contributed by atoms with Gasteiger partial charge in [-0.2, -0.15) is 0 Å². The molecular formula is C11H20N2O4S. The van der Waals surface area contributed by atoms with Crippen LogP contribution in [0, 0.1) is 5.92 Å². The molecule has 0 aliphatic carbocycles. The van der Waals surface area contributed by atoms with Crippen molar-refractivity contribution in [3.05, 3.63) is 0 Å². The fourth-order valence-electron chi connectivity index (χ4n) is 1.90. The van der Waals surface area contributed by atoms with Crippen LogP contribution >= 0.6 is 0 Å². The van der Waals surface area contributed by atoms with Gasteiger partial charge in [-0.1, -0.05) is 12.1 Å². The fourth-order valence-corrected chi connectivity index (χ4v) is 2.34. The fraction of sp³-hybridized carbons (Fsp3) is 0.818. The number of piperidine rings is 1. The summed E-state index contributed by atoms with van der Waals surface area (Å²) in [5.41, 5.74) is 0.649. The standard InChI is InChI=1S/C11H20N2O4S/c1-8-7-13(6-5-9(8)12-15)10(14)11(2,3)18(4,16)17/h8,15H,5-7H2,1-4H3. The van der Waals surface area contributed by atoms with Gasteiger partial charge >= 0.3 is 0 Å². The molecular weight excluding hydrogens is 256 g/mol. The summed E-state index contributed by atoms with van der Waals surface area (Å²) >= 11 is 0. The van der Waals surface area contributed by atoms with Gasteiger partial charge in [-0.25, -0.2) is 8.42 Å². The molecule has 1 aliphatic heterocycles. The van der Waals surface area contributed by atoms with Crippen LogP contribution in [0.25, 0.3) is 0 Å². The van der Waals surface area contributed by atoms with Gasteiger partial charge in [0.2, 0.25) is 5.91 Å². The minimum atomic E-state index is -3.46. The van der Waals surface area contributed by atoms with Gasteiger partial charge in [0.15, 0.2) is 9.84 Å². The Morgan fingerprint density at radius 1 is 1.50 bits per heavy atom. The van der Waals surface area contributed by atoms with E-state index in [0.29, 0.717) is 25.2 Å². The summed E-state index contributed by atoms with van der Waals surface area (Å²) in [5, 5.41) is 12.0. The number of carbonyl (C=O) groups is 1. The summed E-state index contributed by atoms with van der Waals surface area (Å²) < 4.78 is 21.8. The maximum atomic E-state index is 12.3. The van der Waals surface area contributed by atoms with E-state index < -0.39 is 20.5 Å². The van der Waals surface area contributed by atoms with Crippen molar-refractivity contribution >= 4 is 21.5 Å². The zero-order valence-electron chi connectivity index (χ0n) is 11.2. The third-order valence-electron chi connectivity index (χ3n) is 3.56. The molecule has 1 heterocycles. The highest BCUT2D eigenvalue weighted by molar-refractivity contribution is 7.92. The van der Waals surface area contributed by atoms with E-state index in [1.807, 2.05) is 6.92 Å². The molecule has 1 fully saturated rings. The molecule has 1 N–H and O–H groups in total. The highest BCUT2D eigenvalue weighted by atomic mass is 32.2. The van der Waals surface area contributed by atoms with Crippen molar-refractivity contribution in [3.8, 4) is 0 Å². The average molecular weight is 276 g/mol. The number of carbonyl (C=O) groups excluding carboxylic acids is 1. The van der Waals surface area contributed by atoms with Crippen molar-refractivity contribution in [2.24, 2.45) is 11.1 Å². The quantitative estimate of drug-likeness (QED) is 0.588. The molecule has 0 aromatic carbocycles. The smallest absolute Gasteiger partial charge is 0.243 e. The van der Waals surface area contributed by atoms with Gasteiger partial charge in [0.25, 0.3) is 0 Å². The normalized spacial score (nSPS) is 24.3. The Balaban J connectivity index is 2.89. The van der Waals surface area contributed by atoms with E-state index in [2.05, 4.69) is 5.16 Å². The summed E-state index contributed by atoms with van der Waals surface area (Å²) in [4.78, 5) is 13.8. The number of likely N-dealkylation sites (tertiary alicyclic amines) is 1. The predicted octanol–water partition coefficient (Wildman–Crippen LogP) is 0.508. The largest absolute Gasteiger partial charge is 0.411 e. The summed E-state index contributed by atoms with van der Waals surface area (Å²) in [6, 6.07) is 0. The van der Waals surface area contributed by atoms with Gasteiger partial charge in [0.05, 0.1) is 5.71 Å². The molecule has 0 saturated carbocycles. The van der Waals surface area contributed by atoms with Gasteiger partial charge in [-0.05, 0) is 13.8 Å². The van der Waals surface area contributed by atoms with Crippen molar-refractivity contribution in [3.63, 3.8) is 0 Å². The highest BCUT2D eigenvalue weighted by Crippen LogP contribution is 2.22. The number of hydrogen-bond acceptors (Lipinski definition) is 5.